The van der Waals surface area contributed by atoms with Crippen LogP contribution in [0, 0.1) is 0 Å². The Hall–Kier alpha value is -3.18. The SMILES string of the molecule is CC(C)Oc1ccc(Nc2cc(-c3ccc(OC(C)C)cc3)c(CO)cc2N)cc1. The summed E-state index contributed by atoms with van der Waals surface area (Å²) in [5.74, 6) is 1.64. The first-order chi connectivity index (χ1) is 14.4. The lowest BCUT2D eigenvalue weighted by Crippen LogP contribution is -2.05. The summed E-state index contributed by atoms with van der Waals surface area (Å²) < 4.78 is 11.4. The molecule has 0 amide bonds. The van der Waals surface area contributed by atoms with Gasteiger partial charge < -0.3 is 25.6 Å². The lowest BCUT2D eigenvalue weighted by atomic mass is 9.98. The highest BCUT2D eigenvalue weighted by Crippen LogP contribution is 2.34. The van der Waals surface area contributed by atoms with E-state index in [0.717, 1.165) is 39.6 Å². The fourth-order valence-electron chi connectivity index (χ4n) is 3.20. The molecular weight excluding hydrogens is 376 g/mol. The molecule has 0 atom stereocenters. The Morgan fingerprint density at radius 3 is 1.87 bits per heavy atom. The van der Waals surface area contributed by atoms with Crippen molar-refractivity contribution >= 4 is 17.1 Å². The number of nitrogens with one attached hydrogen (secondary N) is 1. The minimum absolute atomic E-state index is 0.0920. The zero-order valence-corrected chi connectivity index (χ0v) is 18.0. The zero-order valence-electron chi connectivity index (χ0n) is 18.0. The maximum atomic E-state index is 9.85. The minimum Gasteiger partial charge on any atom is -0.491 e. The number of aliphatic hydroxyl groups excluding tert-OH is 1. The van der Waals surface area contributed by atoms with Gasteiger partial charge in [0.1, 0.15) is 11.5 Å². The fourth-order valence-corrected chi connectivity index (χ4v) is 3.20. The summed E-state index contributed by atoms with van der Waals surface area (Å²) in [4.78, 5) is 0. The molecule has 0 heterocycles. The molecule has 0 saturated carbocycles. The van der Waals surface area contributed by atoms with Gasteiger partial charge in [-0.15, -0.1) is 0 Å². The maximum absolute atomic E-state index is 9.85. The second-order valence-electron chi connectivity index (χ2n) is 7.76. The lowest BCUT2D eigenvalue weighted by Gasteiger charge is -2.16. The third-order valence-corrected chi connectivity index (χ3v) is 4.49. The van der Waals surface area contributed by atoms with E-state index >= 15 is 0 Å². The molecule has 158 valence electrons. The van der Waals surface area contributed by atoms with Gasteiger partial charge in [-0.2, -0.15) is 0 Å². The molecule has 3 aromatic rings. The van der Waals surface area contributed by atoms with E-state index in [1.54, 1.807) is 0 Å². The summed E-state index contributed by atoms with van der Waals surface area (Å²) in [5, 5.41) is 13.2. The van der Waals surface area contributed by atoms with Crippen LogP contribution in [0.5, 0.6) is 11.5 Å². The summed E-state index contributed by atoms with van der Waals surface area (Å²) in [6.07, 6.45) is 0.249. The number of anilines is 3. The summed E-state index contributed by atoms with van der Waals surface area (Å²) >= 11 is 0. The van der Waals surface area contributed by atoms with Gasteiger partial charge >= 0.3 is 0 Å². The molecule has 5 nitrogen and oxygen atoms in total. The van der Waals surface area contributed by atoms with Crippen molar-refractivity contribution in [3.05, 3.63) is 66.2 Å². The standard InChI is InChI=1S/C25H30N2O3/c1-16(2)29-21-9-5-18(6-10-21)23-14-25(24(26)13-19(23)15-28)27-20-7-11-22(12-8-20)30-17(3)4/h5-14,16-17,27-28H,15,26H2,1-4H3. The molecule has 5 heteroatoms. The number of hydrogen-bond acceptors (Lipinski definition) is 5. The average Bonchev–Trinajstić information content (AvgIpc) is 2.70. The van der Waals surface area contributed by atoms with E-state index in [0.29, 0.717) is 5.69 Å². The topological polar surface area (TPSA) is 76.7 Å². The summed E-state index contributed by atoms with van der Waals surface area (Å²) in [6.45, 7) is 7.90. The van der Waals surface area contributed by atoms with E-state index in [1.807, 2.05) is 88.4 Å². The van der Waals surface area contributed by atoms with Crippen LogP contribution in [-0.4, -0.2) is 17.3 Å². The molecule has 0 aliphatic carbocycles. The molecule has 0 radical (unpaired) electrons. The van der Waals surface area contributed by atoms with Crippen LogP contribution in [0.2, 0.25) is 0 Å². The number of nitrogen functional groups attached to an aromatic ring is 1. The van der Waals surface area contributed by atoms with Crippen LogP contribution in [0.25, 0.3) is 11.1 Å². The molecule has 30 heavy (non-hydrogen) atoms. The summed E-state index contributed by atoms with van der Waals surface area (Å²) in [7, 11) is 0. The molecule has 0 fully saturated rings. The van der Waals surface area contributed by atoms with Crippen molar-refractivity contribution in [1.82, 2.24) is 0 Å². The van der Waals surface area contributed by atoms with E-state index < -0.39 is 0 Å². The van der Waals surface area contributed by atoms with Crippen LogP contribution in [0.15, 0.2) is 60.7 Å². The fraction of sp³-hybridized carbons (Fsp3) is 0.280. The van der Waals surface area contributed by atoms with Gasteiger partial charge in [-0.1, -0.05) is 12.1 Å². The minimum atomic E-state index is -0.0920. The highest BCUT2D eigenvalue weighted by atomic mass is 16.5. The summed E-state index contributed by atoms with van der Waals surface area (Å²) in [5.41, 5.74) is 11.2. The van der Waals surface area contributed by atoms with Crippen LogP contribution in [0.1, 0.15) is 33.3 Å². The molecule has 3 aromatic carbocycles. The van der Waals surface area contributed by atoms with E-state index in [2.05, 4.69) is 5.32 Å². The van der Waals surface area contributed by atoms with E-state index in [4.69, 9.17) is 15.2 Å². The average molecular weight is 407 g/mol. The van der Waals surface area contributed by atoms with E-state index in [9.17, 15) is 5.11 Å². The number of rotatable bonds is 8. The summed E-state index contributed by atoms with van der Waals surface area (Å²) in [6, 6.07) is 19.4. The third kappa shape index (κ3) is 5.45. The lowest BCUT2D eigenvalue weighted by molar-refractivity contribution is 0.242. The molecule has 0 spiro atoms. The number of benzene rings is 3. The molecule has 0 unspecified atom stereocenters. The van der Waals surface area contributed by atoms with Crippen LogP contribution < -0.4 is 20.5 Å². The van der Waals surface area contributed by atoms with Crippen molar-refractivity contribution in [3.63, 3.8) is 0 Å². The Bertz CT molecular complexity index is 965. The van der Waals surface area contributed by atoms with Gasteiger partial charge in [-0.25, -0.2) is 0 Å². The normalized spacial score (nSPS) is 11.0. The molecular formula is C25H30N2O3. The van der Waals surface area contributed by atoms with Gasteiger partial charge in [0.25, 0.3) is 0 Å². The van der Waals surface area contributed by atoms with Crippen molar-refractivity contribution in [2.75, 3.05) is 11.1 Å². The first kappa shape index (κ1) is 21.5. The monoisotopic (exact) mass is 406 g/mol. The Labute approximate surface area is 178 Å². The predicted octanol–water partition coefficient (Wildman–Crippen LogP) is 5.75. The quantitative estimate of drug-likeness (QED) is 0.416. The van der Waals surface area contributed by atoms with Gasteiger partial charge in [0, 0.05) is 5.69 Å². The third-order valence-electron chi connectivity index (χ3n) is 4.49. The number of aliphatic hydroxyl groups is 1. The second-order valence-corrected chi connectivity index (χ2v) is 7.76. The number of ether oxygens (including phenoxy) is 2. The van der Waals surface area contributed by atoms with Crippen LogP contribution >= 0.6 is 0 Å². The van der Waals surface area contributed by atoms with Crippen molar-refractivity contribution in [2.45, 2.75) is 46.5 Å². The highest BCUT2D eigenvalue weighted by molar-refractivity contribution is 5.82. The Kier molecular flexibility index (Phi) is 6.85. The highest BCUT2D eigenvalue weighted by Gasteiger charge is 2.11. The second kappa shape index (κ2) is 9.55. The molecule has 3 rings (SSSR count). The smallest absolute Gasteiger partial charge is 0.119 e. The van der Waals surface area contributed by atoms with Crippen molar-refractivity contribution < 1.29 is 14.6 Å². The first-order valence-electron chi connectivity index (χ1n) is 10.2. The van der Waals surface area contributed by atoms with Crippen LogP contribution in [0.4, 0.5) is 17.1 Å². The zero-order chi connectivity index (χ0) is 21.7. The molecule has 0 bridgehead atoms. The molecule has 0 aliphatic rings. The Balaban J connectivity index is 1.88. The molecule has 4 N–H and O–H groups in total. The number of hydrogen-bond donors (Lipinski definition) is 3. The predicted molar refractivity (Wildman–Crippen MR) is 123 cm³/mol. The van der Waals surface area contributed by atoms with Gasteiger partial charge in [-0.3, -0.25) is 0 Å². The van der Waals surface area contributed by atoms with Gasteiger partial charge in [0.05, 0.1) is 30.2 Å². The number of nitrogens with two attached hydrogens (primary N) is 1. The van der Waals surface area contributed by atoms with E-state index in [-0.39, 0.29) is 18.8 Å². The van der Waals surface area contributed by atoms with Crippen LogP contribution in [-0.2, 0) is 6.61 Å². The van der Waals surface area contributed by atoms with Gasteiger partial charge in [0.15, 0.2) is 0 Å². The van der Waals surface area contributed by atoms with Crippen molar-refractivity contribution in [3.8, 4) is 22.6 Å². The Morgan fingerprint density at radius 2 is 1.37 bits per heavy atom. The van der Waals surface area contributed by atoms with Gasteiger partial charge in [0.2, 0.25) is 0 Å². The molecule has 0 saturated heterocycles. The maximum Gasteiger partial charge on any atom is 0.119 e. The molecule has 0 aliphatic heterocycles. The first-order valence-corrected chi connectivity index (χ1v) is 10.2. The van der Waals surface area contributed by atoms with Crippen LogP contribution in [0.3, 0.4) is 0 Å². The molecule has 0 aromatic heterocycles. The van der Waals surface area contributed by atoms with E-state index in [1.165, 1.54) is 0 Å². The Morgan fingerprint density at radius 1 is 0.833 bits per heavy atom. The van der Waals surface area contributed by atoms with Crippen molar-refractivity contribution in [1.29, 1.82) is 0 Å². The largest absolute Gasteiger partial charge is 0.491 e. The van der Waals surface area contributed by atoms with Crippen molar-refractivity contribution in [2.24, 2.45) is 0 Å². The van der Waals surface area contributed by atoms with Gasteiger partial charge in [-0.05, 0) is 92.9 Å².